The molecule has 0 aliphatic rings. The van der Waals surface area contributed by atoms with Crippen molar-refractivity contribution in [3.8, 4) is 0 Å². The van der Waals surface area contributed by atoms with E-state index in [1.54, 1.807) is 13.2 Å². The molecule has 0 aliphatic heterocycles. The highest BCUT2D eigenvalue weighted by molar-refractivity contribution is 14.0. The van der Waals surface area contributed by atoms with Crippen LogP contribution in [-0.2, 0) is 9.53 Å². The van der Waals surface area contributed by atoms with Crippen LogP contribution in [-0.4, -0.2) is 38.2 Å². The molecular formula is C13H20BrIN4O2. The normalized spacial score (nSPS) is 12.2. The molecule has 0 saturated heterocycles. The Morgan fingerprint density at radius 1 is 1.52 bits per heavy atom. The third kappa shape index (κ3) is 8.89. The monoisotopic (exact) mass is 470 g/mol. The topological polar surface area (TPSA) is 88.7 Å². The molecule has 1 atom stereocenters. The Labute approximate surface area is 150 Å². The number of aliphatic imine (C=N–C) groups is 1. The van der Waals surface area contributed by atoms with Crippen LogP contribution in [0.1, 0.15) is 6.92 Å². The number of rotatable bonds is 6. The lowest BCUT2D eigenvalue weighted by molar-refractivity contribution is -0.114. The first kappa shape index (κ1) is 20.1. The van der Waals surface area contributed by atoms with E-state index in [1.165, 1.54) is 0 Å². The number of carbonyl (C=O) groups is 1. The van der Waals surface area contributed by atoms with Crippen molar-refractivity contribution in [2.75, 3.05) is 25.6 Å². The average Bonchev–Trinajstić information content (AvgIpc) is 2.36. The first-order valence-electron chi connectivity index (χ1n) is 6.12. The number of benzene rings is 1. The van der Waals surface area contributed by atoms with Crippen LogP contribution in [0.25, 0.3) is 0 Å². The summed E-state index contributed by atoms with van der Waals surface area (Å²) in [5.74, 6) is -0.00816. The molecular weight excluding hydrogens is 451 g/mol. The van der Waals surface area contributed by atoms with Gasteiger partial charge in [0.15, 0.2) is 5.96 Å². The lowest BCUT2D eigenvalue weighted by Crippen LogP contribution is -2.41. The van der Waals surface area contributed by atoms with Crippen molar-refractivity contribution in [3.05, 3.63) is 28.7 Å². The van der Waals surface area contributed by atoms with Crippen molar-refractivity contribution in [2.45, 2.75) is 13.0 Å². The predicted octanol–water partition coefficient (Wildman–Crippen LogP) is 1.94. The van der Waals surface area contributed by atoms with E-state index >= 15 is 0 Å². The highest BCUT2D eigenvalue weighted by Gasteiger charge is 2.04. The molecule has 0 aliphatic carbocycles. The number of hydrogen-bond donors (Lipinski definition) is 3. The molecule has 1 rings (SSSR count). The summed E-state index contributed by atoms with van der Waals surface area (Å²) in [5, 5.41) is 5.66. The van der Waals surface area contributed by atoms with Gasteiger partial charge in [0, 0.05) is 23.3 Å². The fraction of sp³-hybridized carbons (Fsp3) is 0.385. The Bertz CT molecular complexity index is 485. The van der Waals surface area contributed by atoms with Gasteiger partial charge < -0.3 is 21.1 Å². The van der Waals surface area contributed by atoms with E-state index < -0.39 is 0 Å². The van der Waals surface area contributed by atoms with Crippen molar-refractivity contribution >= 4 is 57.5 Å². The van der Waals surface area contributed by atoms with E-state index in [9.17, 15) is 4.79 Å². The smallest absolute Gasteiger partial charge is 0.246 e. The summed E-state index contributed by atoms with van der Waals surface area (Å²) in [6.07, 6.45) is 0. The van der Waals surface area contributed by atoms with Gasteiger partial charge in [-0.1, -0.05) is 22.0 Å². The van der Waals surface area contributed by atoms with Gasteiger partial charge in [-0.3, -0.25) is 4.79 Å². The number of nitrogens with zero attached hydrogens (tertiary/aromatic N) is 1. The van der Waals surface area contributed by atoms with Crippen LogP contribution < -0.4 is 16.4 Å². The number of methoxy groups -OCH3 is 1. The standard InChI is InChI=1S/C13H19BrN4O2.HI/c1-9(8-20-2)17-13(15)16-7-12(19)18-11-5-3-4-10(14)6-11;/h3-6,9H,7-8H2,1-2H3,(H,18,19)(H3,15,16,17);1H. The second-order valence-electron chi connectivity index (χ2n) is 4.26. The number of carbonyl (C=O) groups excluding carboxylic acids is 1. The van der Waals surface area contributed by atoms with E-state index in [2.05, 4.69) is 31.6 Å². The molecule has 0 aromatic heterocycles. The Hall–Kier alpha value is -0.870. The van der Waals surface area contributed by atoms with Gasteiger partial charge in [0.2, 0.25) is 5.91 Å². The number of hydrogen-bond acceptors (Lipinski definition) is 3. The van der Waals surface area contributed by atoms with Crippen molar-refractivity contribution in [1.82, 2.24) is 5.32 Å². The van der Waals surface area contributed by atoms with Crippen molar-refractivity contribution in [3.63, 3.8) is 0 Å². The van der Waals surface area contributed by atoms with Gasteiger partial charge in [0.25, 0.3) is 0 Å². The number of halogens is 2. The van der Waals surface area contributed by atoms with Gasteiger partial charge >= 0.3 is 0 Å². The fourth-order valence-corrected chi connectivity index (χ4v) is 1.91. The van der Waals surface area contributed by atoms with Crippen molar-refractivity contribution in [2.24, 2.45) is 10.7 Å². The number of ether oxygens (including phenoxy) is 1. The minimum atomic E-state index is -0.229. The van der Waals surface area contributed by atoms with E-state index in [-0.39, 0.29) is 48.4 Å². The zero-order chi connectivity index (χ0) is 15.0. The molecule has 8 heteroatoms. The summed E-state index contributed by atoms with van der Waals surface area (Å²) >= 11 is 3.34. The van der Waals surface area contributed by atoms with Gasteiger partial charge in [-0.2, -0.15) is 0 Å². The van der Waals surface area contributed by atoms with Crippen LogP contribution in [0, 0.1) is 0 Å². The van der Waals surface area contributed by atoms with Crippen LogP contribution in [0.4, 0.5) is 5.69 Å². The van der Waals surface area contributed by atoms with Crippen molar-refractivity contribution in [1.29, 1.82) is 0 Å². The van der Waals surface area contributed by atoms with Gasteiger partial charge in [-0.25, -0.2) is 4.99 Å². The molecule has 1 amide bonds. The molecule has 0 radical (unpaired) electrons. The minimum absolute atomic E-state index is 0. The lowest BCUT2D eigenvalue weighted by Gasteiger charge is -2.13. The number of amides is 1. The minimum Gasteiger partial charge on any atom is -0.383 e. The van der Waals surface area contributed by atoms with Crippen LogP contribution >= 0.6 is 39.9 Å². The quantitative estimate of drug-likeness (QED) is 0.337. The molecule has 1 unspecified atom stereocenters. The molecule has 1 aromatic carbocycles. The van der Waals surface area contributed by atoms with Gasteiger partial charge in [-0.05, 0) is 25.1 Å². The lowest BCUT2D eigenvalue weighted by atomic mass is 10.3. The maximum absolute atomic E-state index is 11.7. The van der Waals surface area contributed by atoms with E-state index in [0.717, 1.165) is 4.47 Å². The molecule has 0 spiro atoms. The Kier molecular flexibility index (Phi) is 10.4. The largest absolute Gasteiger partial charge is 0.383 e. The zero-order valence-electron chi connectivity index (χ0n) is 11.9. The van der Waals surface area contributed by atoms with E-state index in [1.807, 2.05) is 25.1 Å². The molecule has 0 bridgehead atoms. The van der Waals surface area contributed by atoms with E-state index in [4.69, 9.17) is 10.5 Å². The highest BCUT2D eigenvalue weighted by atomic mass is 127. The maximum atomic E-state index is 11.7. The van der Waals surface area contributed by atoms with Crippen LogP contribution in [0.5, 0.6) is 0 Å². The highest BCUT2D eigenvalue weighted by Crippen LogP contribution is 2.15. The third-order valence-electron chi connectivity index (χ3n) is 2.31. The molecule has 21 heavy (non-hydrogen) atoms. The van der Waals surface area contributed by atoms with Gasteiger partial charge in [0.1, 0.15) is 6.54 Å². The number of anilines is 1. The molecule has 1 aromatic rings. The van der Waals surface area contributed by atoms with Crippen LogP contribution in [0.2, 0.25) is 0 Å². The maximum Gasteiger partial charge on any atom is 0.246 e. The van der Waals surface area contributed by atoms with Crippen LogP contribution in [0.3, 0.4) is 0 Å². The predicted molar refractivity (Wildman–Crippen MR) is 99.1 cm³/mol. The number of guanidine groups is 1. The number of nitrogens with one attached hydrogen (secondary N) is 2. The van der Waals surface area contributed by atoms with Gasteiger partial charge in [0.05, 0.1) is 6.61 Å². The molecule has 0 heterocycles. The first-order valence-corrected chi connectivity index (χ1v) is 6.91. The molecule has 4 N–H and O–H groups in total. The molecule has 0 saturated carbocycles. The summed E-state index contributed by atoms with van der Waals surface area (Å²) < 4.78 is 5.86. The van der Waals surface area contributed by atoms with Crippen LogP contribution in [0.15, 0.2) is 33.7 Å². The Balaban J connectivity index is 0.00000400. The average molecular weight is 471 g/mol. The Morgan fingerprint density at radius 3 is 2.86 bits per heavy atom. The SMILES string of the molecule is COCC(C)NC(N)=NCC(=O)Nc1cccc(Br)c1.I. The molecule has 118 valence electrons. The summed E-state index contributed by atoms with van der Waals surface area (Å²) in [7, 11) is 1.61. The summed E-state index contributed by atoms with van der Waals surface area (Å²) in [6, 6.07) is 7.37. The summed E-state index contributed by atoms with van der Waals surface area (Å²) in [5.41, 5.74) is 6.37. The third-order valence-corrected chi connectivity index (χ3v) is 2.81. The summed E-state index contributed by atoms with van der Waals surface area (Å²) in [4.78, 5) is 15.7. The van der Waals surface area contributed by atoms with E-state index in [0.29, 0.717) is 12.3 Å². The van der Waals surface area contributed by atoms with Crippen molar-refractivity contribution < 1.29 is 9.53 Å². The fourth-order valence-electron chi connectivity index (χ4n) is 1.51. The Morgan fingerprint density at radius 2 is 2.24 bits per heavy atom. The van der Waals surface area contributed by atoms with Gasteiger partial charge in [-0.15, -0.1) is 24.0 Å². The summed E-state index contributed by atoms with van der Waals surface area (Å²) in [6.45, 7) is 2.39. The second kappa shape index (κ2) is 10.8. The first-order chi connectivity index (χ1) is 9.51. The molecule has 6 nitrogen and oxygen atoms in total. The second-order valence-corrected chi connectivity index (χ2v) is 5.18. The number of nitrogens with two attached hydrogens (primary N) is 1. The zero-order valence-corrected chi connectivity index (χ0v) is 15.8. The molecule has 0 fully saturated rings.